The summed E-state index contributed by atoms with van der Waals surface area (Å²) >= 11 is 0. The lowest BCUT2D eigenvalue weighted by molar-refractivity contribution is -0.136. The van der Waals surface area contributed by atoms with E-state index in [-0.39, 0.29) is 18.7 Å². The predicted molar refractivity (Wildman–Crippen MR) is 141 cm³/mol. The van der Waals surface area contributed by atoms with Gasteiger partial charge in [0, 0.05) is 19.5 Å². The molecule has 5 amide bonds. The molecular weight excluding hydrogens is 504 g/mol. The fourth-order valence-electron chi connectivity index (χ4n) is 5.23. The fourth-order valence-corrected chi connectivity index (χ4v) is 5.23. The van der Waals surface area contributed by atoms with Crippen molar-refractivity contribution in [2.75, 3.05) is 39.4 Å². The summed E-state index contributed by atoms with van der Waals surface area (Å²) in [7, 11) is 0. The van der Waals surface area contributed by atoms with E-state index in [1.807, 2.05) is 26.8 Å². The Kier molecular flexibility index (Phi) is 9.01. The van der Waals surface area contributed by atoms with Crippen molar-refractivity contribution in [3.8, 4) is 0 Å². The van der Waals surface area contributed by atoms with E-state index in [4.69, 9.17) is 9.47 Å². The van der Waals surface area contributed by atoms with Gasteiger partial charge in [0.1, 0.15) is 11.6 Å². The van der Waals surface area contributed by atoms with Crippen LogP contribution in [0, 0.1) is 5.92 Å². The number of benzene rings is 1. The summed E-state index contributed by atoms with van der Waals surface area (Å²) in [6, 6.07) is 4.41. The van der Waals surface area contributed by atoms with Gasteiger partial charge < -0.3 is 19.7 Å². The van der Waals surface area contributed by atoms with E-state index in [1.165, 1.54) is 0 Å². The minimum Gasteiger partial charge on any atom is -0.444 e. The monoisotopic (exact) mass is 542 g/mol. The lowest BCUT2D eigenvalue weighted by atomic mass is 9.89. The van der Waals surface area contributed by atoms with Crippen LogP contribution < -0.4 is 10.6 Å². The van der Waals surface area contributed by atoms with Crippen LogP contribution in [-0.2, 0) is 25.5 Å². The van der Waals surface area contributed by atoms with Gasteiger partial charge >= 0.3 is 6.09 Å². The minimum absolute atomic E-state index is 0.102. The fraction of sp³-hybridized carbons (Fsp3) is 0.607. The van der Waals surface area contributed by atoms with Crippen LogP contribution in [0.5, 0.6) is 0 Å². The van der Waals surface area contributed by atoms with E-state index in [9.17, 15) is 24.0 Å². The van der Waals surface area contributed by atoms with Crippen LogP contribution in [0.2, 0.25) is 0 Å². The zero-order valence-corrected chi connectivity index (χ0v) is 22.9. The Morgan fingerprint density at radius 2 is 1.74 bits per heavy atom. The van der Waals surface area contributed by atoms with Crippen LogP contribution in [0.15, 0.2) is 18.2 Å². The van der Waals surface area contributed by atoms with E-state index in [0.717, 1.165) is 49.4 Å². The number of amides is 5. The van der Waals surface area contributed by atoms with Crippen molar-refractivity contribution < 1.29 is 33.4 Å². The Morgan fingerprint density at radius 3 is 2.44 bits per heavy atom. The molecule has 1 atom stereocenters. The molecule has 3 heterocycles. The maximum atomic E-state index is 13.1. The first kappa shape index (κ1) is 28.7. The predicted octanol–water partition coefficient (Wildman–Crippen LogP) is 1.88. The third kappa shape index (κ3) is 7.42. The number of likely N-dealkylation sites (tertiary alicyclic amines) is 1. The van der Waals surface area contributed by atoms with Crippen molar-refractivity contribution in [1.29, 1.82) is 0 Å². The highest BCUT2D eigenvalue weighted by atomic mass is 16.6. The molecule has 1 unspecified atom stereocenters. The van der Waals surface area contributed by atoms with Crippen molar-refractivity contribution >= 4 is 29.7 Å². The van der Waals surface area contributed by atoms with E-state index < -0.39 is 35.5 Å². The molecule has 11 nitrogen and oxygen atoms in total. The van der Waals surface area contributed by atoms with E-state index >= 15 is 0 Å². The number of piperidine rings is 2. The number of ether oxygens (including phenoxy) is 2. The van der Waals surface area contributed by atoms with Crippen LogP contribution >= 0.6 is 0 Å². The standard InChI is InChI=1S/C28H38N4O7/c1-28(2,3)39-27(37)29-10-14-38-15-13-31-11-8-18(9-12-31)16-19-4-5-20-21(17-19)26(36)32(25(20)35)22-6-7-23(33)30-24(22)34/h4-5,17-18,22H,6-16H2,1-3H3,(H,29,37)(H,30,33,34). The van der Waals surface area contributed by atoms with Crippen LogP contribution in [0.25, 0.3) is 0 Å². The molecule has 1 aromatic rings. The molecule has 39 heavy (non-hydrogen) atoms. The van der Waals surface area contributed by atoms with Gasteiger partial charge in [0.2, 0.25) is 11.8 Å². The molecule has 0 aliphatic carbocycles. The number of nitrogens with one attached hydrogen (secondary N) is 2. The number of carbonyl (C=O) groups excluding carboxylic acids is 5. The van der Waals surface area contributed by atoms with E-state index in [0.29, 0.717) is 36.8 Å². The van der Waals surface area contributed by atoms with Gasteiger partial charge in [-0.3, -0.25) is 29.4 Å². The van der Waals surface area contributed by atoms with Gasteiger partial charge in [-0.1, -0.05) is 6.07 Å². The van der Waals surface area contributed by atoms with Gasteiger partial charge in [0.25, 0.3) is 11.8 Å². The molecule has 3 aliphatic rings. The van der Waals surface area contributed by atoms with Crippen molar-refractivity contribution in [2.45, 2.75) is 64.5 Å². The molecule has 3 aliphatic heterocycles. The topological polar surface area (TPSA) is 134 Å². The second-order valence-electron chi connectivity index (χ2n) is 11.4. The lowest BCUT2D eigenvalue weighted by Gasteiger charge is -2.32. The number of alkyl carbamates (subject to hydrolysis) is 1. The summed E-state index contributed by atoms with van der Waals surface area (Å²) in [6.45, 7) is 9.61. The quantitative estimate of drug-likeness (QED) is 0.357. The number of nitrogens with zero attached hydrogens (tertiary/aromatic N) is 2. The Morgan fingerprint density at radius 1 is 1.03 bits per heavy atom. The third-order valence-electron chi connectivity index (χ3n) is 7.20. The first-order chi connectivity index (χ1) is 18.5. The van der Waals surface area contributed by atoms with Crippen molar-refractivity contribution in [3.63, 3.8) is 0 Å². The molecular formula is C28H38N4O7. The highest BCUT2D eigenvalue weighted by Crippen LogP contribution is 2.30. The zero-order valence-electron chi connectivity index (χ0n) is 22.9. The zero-order chi connectivity index (χ0) is 28.2. The summed E-state index contributed by atoms with van der Waals surface area (Å²) in [4.78, 5) is 64.7. The smallest absolute Gasteiger partial charge is 0.407 e. The number of hydrogen-bond acceptors (Lipinski definition) is 8. The van der Waals surface area contributed by atoms with Crippen LogP contribution in [0.3, 0.4) is 0 Å². The lowest BCUT2D eigenvalue weighted by Crippen LogP contribution is -2.54. The Bertz CT molecular complexity index is 1120. The maximum Gasteiger partial charge on any atom is 0.407 e. The largest absolute Gasteiger partial charge is 0.444 e. The summed E-state index contributed by atoms with van der Waals surface area (Å²) in [5.74, 6) is -1.47. The molecule has 0 saturated carbocycles. The number of imide groups is 2. The Hall–Kier alpha value is -3.31. The van der Waals surface area contributed by atoms with Gasteiger partial charge in [-0.2, -0.15) is 0 Å². The summed E-state index contributed by atoms with van der Waals surface area (Å²) in [5, 5.41) is 4.90. The van der Waals surface area contributed by atoms with E-state index in [2.05, 4.69) is 15.5 Å². The van der Waals surface area contributed by atoms with Crippen molar-refractivity contribution in [2.24, 2.45) is 5.92 Å². The van der Waals surface area contributed by atoms with Crippen LogP contribution in [0.1, 0.15) is 72.7 Å². The molecule has 2 N–H and O–H groups in total. The Labute approximate surface area is 228 Å². The van der Waals surface area contributed by atoms with Gasteiger partial charge in [-0.05, 0) is 83.2 Å². The SMILES string of the molecule is CC(C)(C)OC(=O)NCCOCCN1CCC(Cc2ccc3c(c2)C(=O)N(C2CCC(=O)NC2=O)C3=O)CC1. The van der Waals surface area contributed by atoms with Gasteiger partial charge in [0.15, 0.2) is 0 Å². The van der Waals surface area contributed by atoms with Crippen molar-refractivity contribution in [3.05, 3.63) is 34.9 Å². The second kappa shape index (κ2) is 12.3. The van der Waals surface area contributed by atoms with Gasteiger partial charge in [-0.25, -0.2) is 4.79 Å². The highest BCUT2D eigenvalue weighted by Gasteiger charge is 2.44. The van der Waals surface area contributed by atoms with Crippen molar-refractivity contribution in [1.82, 2.24) is 20.4 Å². The summed E-state index contributed by atoms with van der Waals surface area (Å²) in [5.41, 5.74) is 1.12. The van der Waals surface area contributed by atoms with Crippen LogP contribution in [-0.4, -0.2) is 90.6 Å². The number of fused-ring (bicyclic) bond motifs is 1. The number of hydrogen-bond donors (Lipinski definition) is 2. The molecule has 2 saturated heterocycles. The Balaban J connectivity index is 1.18. The average Bonchev–Trinajstić information content (AvgIpc) is 3.10. The molecule has 2 fully saturated rings. The molecule has 4 rings (SSSR count). The highest BCUT2D eigenvalue weighted by molar-refractivity contribution is 6.23. The minimum atomic E-state index is -0.951. The molecule has 11 heteroatoms. The molecule has 1 aromatic carbocycles. The molecule has 0 aromatic heterocycles. The normalized spacial score (nSPS) is 20.7. The second-order valence-corrected chi connectivity index (χ2v) is 11.4. The molecule has 212 valence electrons. The number of rotatable bonds is 9. The first-order valence-corrected chi connectivity index (χ1v) is 13.6. The molecule has 0 spiro atoms. The maximum absolute atomic E-state index is 13.1. The van der Waals surface area contributed by atoms with Gasteiger partial charge in [0.05, 0.1) is 24.3 Å². The van der Waals surface area contributed by atoms with Crippen LogP contribution in [0.4, 0.5) is 4.79 Å². The molecule has 0 bridgehead atoms. The molecule has 0 radical (unpaired) electrons. The third-order valence-corrected chi connectivity index (χ3v) is 7.20. The summed E-state index contributed by atoms with van der Waals surface area (Å²) < 4.78 is 10.8. The van der Waals surface area contributed by atoms with Gasteiger partial charge in [-0.15, -0.1) is 0 Å². The summed E-state index contributed by atoms with van der Waals surface area (Å²) in [6.07, 6.45) is 2.66. The van der Waals surface area contributed by atoms with E-state index in [1.54, 1.807) is 12.1 Å². The number of carbonyl (C=O) groups is 5. The first-order valence-electron chi connectivity index (χ1n) is 13.6. The average molecular weight is 543 g/mol.